The van der Waals surface area contributed by atoms with Gasteiger partial charge in [-0.3, -0.25) is 4.79 Å². The van der Waals surface area contributed by atoms with Crippen LogP contribution in [0.15, 0.2) is 18.2 Å². The van der Waals surface area contributed by atoms with Gasteiger partial charge in [-0.05, 0) is 30.7 Å². The number of nitrogens with one attached hydrogen (secondary N) is 1. The highest BCUT2D eigenvalue weighted by molar-refractivity contribution is 5.91. The third-order valence-electron chi connectivity index (χ3n) is 2.72. The molecule has 0 aliphatic heterocycles. The molecule has 0 fully saturated rings. The van der Waals surface area contributed by atoms with Gasteiger partial charge in [0.1, 0.15) is 5.75 Å². The monoisotopic (exact) mass is 288 g/mol. The van der Waals surface area contributed by atoms with Crippen LogP contribution in [0.5, 0.6) is 5.75 Å². The van der Waals surface area contributed by atoms with Crippen molar-refractivity contribution in [3.63, 3.8) is 0 Å². The van der Waals surface area contributed by atoms with Crippen LogP contribution >= 0.6 is 12.4 Å². The summed E-state index contributed by atoms with van der Waals surface area (Å²) in [5.41, 5.74) is 7.19. The second-order valence-corrected chi connectivity index (χ2v) is 4.03. The molecule has 1 atom stereocenters. The Hall–Kier alpha value is -1.30. The first kappa shape index (κ1) is 17.7. The van der Waals surface area contributed by atoms with E-state index >= 15 is 0 Å². The lowest BCUT2D eigenvalue weighted by Gasteiger charge is -2.14. The first-order chi connectivity index (χ1) is 8.60. The van der Waals surface area contributed by atoms with E-state index < -0.39 is 0 Å². The largest absolute Gasteiger partial charge is 0.497 e. The number of carbonyl (C=O) groups excluding carboxylic acids is 1. The van der Waals surface area contributed by atoms with E-state index in [2.05, 4.69) is 5.32 Å². The van der Waals surface area contributed by atoms with Crippen LogP contribution in [0.25, 0.3) is 0 Å². The second kappa shape index (κ2) is 8.74. The van der Waals surface area contributed by atoms with Crippen molar-refractivity contribution >= 4 is 24.0 Å². The van der Waals surface area contributed by atoms with Gasteiger partial charge in [0.05, 0.1) is 19.6 Å². The summed E-state index contributed by atoms with van der Waals surface area (Å²) in [4.78, 5) is 11.8. The first-order valence-electron chi connectivity index (χ1n) is 5.78. The number of nitrogens with two attached hydrogens (primary N) is 1. The van der Waals surface area contributed by atoms with Gasteiger partial charge in [0, 0.05) is 19.3 Å². The lowest BCUT2D eigenvalue weighted by Crippen LogP contribution is -2.28. The zero-order valence-corrected chi connectivity index (χ0v) is 12.3. The van der Waals surface area contributed by atoms with Crippen LogP contribution in [0.4, 0.5) is 5.69 Å². The lowest BCUT2D eigenvalue weighted by molar-refractivity contribution is -0.118. The molecule has 1 aromatic carbocycles. The molecular formula is C13H21ClN2O3. The van der Waals surface area contributed by atoms with Gasteiger partial charge < -0.3 is 20.5 Å². The van der Waals surface area contributed by atoms with Gasteiger partial charge in [-0.25, -0.2) is 0 Å². The molecule has 0 spiro atoms. The van der Waals surface area contributed by atoms with Gasteiger partial charge in [0.25, 0.3) is 0 Å². The molecule has 19 heavy (non-hydrogen) atoms. The zero-order chi connectivity index (χ0) is 13.5. The molecule has 0 saturated heterocycles. The van der Waals surface area contributed by atoms with Gasteiger partial charge in [0.15, 0.2) is 0 Å². The summed E-state index contributed by atoms with van der Waals surface area (Å²) in [5, 5.41) is 2.83. The summed E-state index contributed by atoms with van der Waals surface area (Å²) >= 11 is 0. The highest BCUT2D eigenvalue weighted by Crippen LogP contribution is 2.21. The minimum atomic E-state index is -0.247. The molecule has 1 rings (SSSR count). The Morgan fingerprint density at radius 1 is 1.42 bits per heavy atom. The summed E-state index contributed by atoms with van der Waals surface area (Å²) in [6, 6.07) is 5.49. The molecule has 0 bridgehead atoms. The van der Waals surface area contributed by atoms with E-state index in [0.29, 0.717) is 6.54 Å². The average molecular weight is 289 g/mol. The third-order valence-corrected chi connectivity index (χ3v) is 2.72. The van der Waals surface area contributed by atoms with Gasteiger partial charge in [0.2, 0.25) is 5.91 Å². The number of hydrogen-bond acceptors (Lipinski definition) is 4. The van der Waals surface area contributed by atoms with E-state index in [1.165, 1.54) is 0 Å². The Bertz CT molecular complexity index is 409. The SMILES string of the molecule is COc1ccc(NC(=O)CC(CN)OC)c(C)c1.Cl. The molecule has 0 radical (unpaired) electrons. The highest BCUT2D eigenvalue weighted by Gasteiger charge is 2.12. The maximum atomic E-state index is 11.8. The Kier molecular flexibility index (Phi) is 8.14. The van der Waals surface area contributed by atoms with Gasteiger partial charge in [-0.2, -0.15) is 0 Å². The molecule has 0 aliphatic carbocycles. The topological polar surface area (TPSA) is 73.6 Å². The number of carbonyl (C=O) groups is 1. The Balaban J connectivity index is 0.00000324. The van der Waals surface area contributed by atoms with Crippen molar-refractivity contribution in [2.45, 2.75) is 19.4 Å². The molecule has 1 unspecified atom stereocenters. The van der Waals surface area contributed by atoms with Crippen molar-refractivity contribution in [3.05, 3.63) is 23.8 Å². The molecule has 0 saturated carbocycles. The number of rotatable bonds is 6. The van der Waals surface area contributed by atoms with Crippen molar-refractivity contribution in [3.8, 4) is 5.75 Å². The van der Waals surface area contributed by atoms with Crippen molar-refractivity contribution in [2.75, 3.05) is 26.1 Å². The quantitative estimate of drug-likeness (QED) is 0.836. The van der Waals surface area contributed by atoms with Crippen molar-refractivity contribution in [1.82, 2.24) is 0 Å². The lowest BCUT2D eigenvalue weighted by atomic mass is 10.1. The molecule has 5 nitrogen and oxygen atoms in total. The number of hydrogen-bond donors (Lipinski definition) is 2. The van der Waals surface area contributed by atoms with Crippen LogP contribution in [0, 0.1) is 6.92 Å². The number of anilines is 1. The number of benzene rings is 1. The van der Waals surface area contributed by atoms with Gasteiger partial charge in [-0.15, -0.1) is 12.4 Å². The van der Waals surface area contributed by atoms with Crippen LogP contribution in [-0.4, -0.2) is 32.8 Å². The smallest absolute Gasteiger partial charge is 0.227 e. The number of aryl methyl sites for hydroxylation is 1. The van der Waals surface area contributed by atoms with Gasteiger partial charge >= 0.3 is 0 Å². The van der Waals surface area contributed by atoms with Crippen LogP contribution in [0.3, 0.4) is 0 Å². The number of methoxy groups -OCH3 is 2. The minimum absolute atomic E-state index is 0. The number of halogens is 1. The molecule has 1 aromatic rings. The number of ether oxygens (including phenoxy) is 2. The molecule has 6 heteroatoms. The first-order valence-corrected chi connectivity index (χ1v) is 5.78. The van der Waals surface area contributed by atoms with E-state index in [4.69, 9.17) is 15.2 Å². The number of amides is 1. The summed E-state index contributed by atoms with van der Waals surface area (Å²) < 4.78 is 10.2. The second-order valence-electron chi connectivity index (χ2n) is 4.03. The maximum Gasteiger partial charge on any atom is 0.227 e. The van der Waals surface area contributed by atoms with E-state index in [-0.39, 0.29) is 30.8 Å². The maximum absolute atomic E-state index is 11.8. The minimum Gasteiger partial charge on any atom is -0.497 e. The fourth-order valence-electron chi connectivity index (χ4n) is 1.57. The molecule has 0 aromatic heterocycles. The van der Waals surface area contributed by atoms with E-state index in [1.807, 2.05) is 19.1 Å². The van der Waals surface area contributed by atoms with Crippen molar-refractivity contribution in [1.29, 1.82) is 0 Å². The van der Waals surface area contributed by atoms with Crippen LogP contribution < -0.4 is 15.8 Å². The van der Waals surface area contributed by atoms with Crippen LogP contribution in [-0.2, 0) is 9.53 Å². The van der Waals surface area contributed by atoms with E-state index in [1.54, 1.807) is 20.3 Å². The molecular weight excluding hydrogens is 268 g/mol. The highest BCUT2D eigenvalue weighted by atomic mass is 35.5. The summed E-state index contributed by atoms with van der Waals surface area (Å²) in [6.45, 7) is 2.24. The molecule has 108 valence electrons. The summed E-state index contributed by atoms with van der Waals surface area (Å²) in [7, 11) is 3.15. The van der Waals surface area contributed by atoms with Crippen LogP contribution in [0.1, 0.15) is 12.0 Å². The average Bonchev–Trinajstić information content (AvgIpc) is 2.38. The van der Waals surface area contributed by atoms with E-state index in [0.717, 1.165) is 17.0 Å². The van der Waals surface area contributed by atoms with Crippen molar-refractivity contribution < 1.29 is 14.3 Å². The predicted molar refractivity (Wildman–Crippen MR) is 78.1 cm³/mol. The van der Waals surface area contributed by atoms with E-state index in [9.17, 15) is 4.79 Å². The molecule has 3 N–H and O–H groups in total. The standard InChI is InChI=1S/C13H20N2O3.ClH/c1-9-6-10(17-2)4-5-12(9)15-13(16)7-11(8-14)18-3;/h4-6,11H,7-8,14H2,1-3H3,(H,15,16);1H. The summed E-state index contributed by atoms with van der Waals surface area (Å²) in [5.74, 6) is 0.655. The molecule has 0 heterocycles. The Morgan fingerprint density at radius 3 is 2.58 bits per heavy atom. The zero-order valence-electron chi connectivity index (χ0n) is 11.4. The fourth-order valence-corrected chi connectivity index (χ4v) is 1.57. The summed E-state index contributed by atoms with van der Waals surface area (Å²) in [6.07, 6.45) is 0.00177. The Morgan fingerprint density at radius 2 is 2.11 bits per heavy atom. The van der Waals surface area contributed by atoms with Crippen LogP contribution in [0.2, 0.25) is 0 Å². The predicted octanol–water partition coefficient (Wildman–Crippen LogP) is 1.73. The fraction of sp³-hybridized carbons (Fsp3) is 0.462. The van der Waals surface area contributed by atoms with Crippen molar-refractivity contribution in [2.24, 2.45) is 5.73 Å². The Labute approximate surface area is 119 Å². The van der Waals surface area contributed by atoms with Gasteiger partial charge in [-0.1, -0.05) is 0 Å². The third kappa shape index (κ3) is 5.46. The molecule has 0 aliphatic rings. The molecule has 1 amide bonds. The normalized spacial score (nSPS) is 11.4.